The number of nitrogens with zero attached hydrogens (tertiary/aromatic N) is 2. The first-order valence-electron chi connectivity index (χ1n) is 5.59. The van der Waals surface area contributed by atoms with Crippen molar-refractivity contribution in [3.05, 3.63) is 46.1 Å². The van der Waals surface area contributed by atoms with Gasteiger partial charge in [-0.05, 0) is 37.3 Å². The van der Waals surface area contributed by atoms with Crippen LogP contribution in [0.25, 0.3) is 11.3 Å². The molecular weight excluding hydrogens is 246 g/mol. The van der Waals surface area contributed by atoms with Gasteiger partial charge in [-0.1, -0.05) is 0 Å². The number of aromatic nitrogens is 1. The Bertz CT molecular complexity index is 624. The molecule has 0 saturated heterocycles. The van der Waals surface area contributed by atoms with Crippen LogP contribution in [0.5, 0.6) is 5.75 Å². The summed E-state index contributed by atoms with van der Waals surface area (Å²) in [6, 6.07) is 8.36. The Morgan fingerprint density at radius 3 is 2.47 bits per heavy atom. The molecule has 1 aromatic carbocycles. The molecule has 0 atom stereocenters. The average molecular weight is 259 g/mol. The molecule has 0 fully saturated rings. The molecule has 6 heteroatoms. The molecule has 0 bridgehead atoms. The normalized spacial score (nSPS) is 10.2. The van der Waals surface area contributed by atoms with Crippen molar-refractivity contribution in [2.45, 2.75) is 6.92 Å². The van der Waals surface area contributed by atoms with E-state index in [1.165, 1.54) is 6.07 Å². The van der Waals surface area contributed by atoms with Gasteiger partial charge in [0.1, 0.15) is 11.4 Å². The lowest BCUT2D eigenvalue weighted by atomic mass is 10.1. The standard InChI is InChI=1S/C13H13N3O3/c1-8-7-11(14)13(16(17)18)12(15-8)9-3-5-10(19-2)6-4-9/h3-7H,1-2H3,(H2,14,15). The van der Waals surface area contributed by atoms with Gasteiger partial charge in [0.2, 0.25) is 0 Å². The fourth-order valence-corrected chi connectivity index (χ4v) is 1.83. The van der Waals surface area contributed by atoms with E-state index in [4.69, 9.17) is 10.5 Å². The van der Waals surface area contributed by atoms with E-state index in [0.717, 1.165) is 0 Å². The van der Waals surface area contributed by atoms with Crippen LogP contribution in [0.2, 0.25) is 0 Å². The van der Waals surface area contributed by atoms with Gasteiger partial charge in [0.25, 0.3) is 0 Å². The second kappa shape index (κ2) is 4.93. The fraction of sp³-hybridized carbons (Fsp3) is 0.154. The number of methoxy groups -OCH3 is 1. The van der Waals surface area contributed by atoms with Gasteiger partial charge in [-0.25, -0.2) is 4.98 Å². The number of pyridine rings is 1. The van der Waals surface area contributed by atoms with Gasteiger partial charge in [0.05, 0.1) is 12.0 Å². The minimum absolute atomic E-state index is 0.114. The third-order valence-corrected chi connectivity index (χ3v) is 2.70. The van der Waals surface area contributed by atoms with E-state index in [1.807, 2.05) is 0 Å². The Hall–Kier alpha value is -2.63. The van der Waals surface area contributed by atoms with Gasteiger partial charge in [-0.15, -0.1) is 0 Å². The van der Waals surface area contributed by atoms with Crippen LogP contribution in [0.4, 0.5) is 11.4 Å². The number of nitro groups is 1. The smallest absolute Gasteiger partial charge is 0.318 e. The maximum Gasteiger partial charge on any atom is 0.318 e. The zero-order valence-electron chi connectivity index (χ0n) is 10.6. The summed E-state index contributed by atoms with van der Waals surface area (Å²) in [6.07, 6.45) is 0. The predicted octanol–water partition coefficient (Wildman–Crippen LogP) is 2.56. The average Bonchev–Trinajstić information content (AvgIpc) is 2.37. The lowest BCUT2D eigenvalue weighted by Gasteiger charge is -2.07. The Morgan fingerprint density at radius 1 is 1.32 bits per heavy atom. The van der Waals surface area contributed by atoms with Crippen LogP contribution in [0, 0.1) is 17.0 Å². The topological polar surface area (TPSA) is 91.3 Å². The Kier molecular flexibility index (Phi) is 3.33. The lowest BCUT2D eigenvalue weighted by Crippen LogP contribution is -2.01. The molecule has 2 rings (SSSR count). The highest BCUT2D eigenvalue weighted by atomic mass is 16.6. The summed E-state index contributed by atoms with van der Waals surface area (Å²) < 4.78 is 5.05. The lowest BCUT2D eigenvalue weighted by molar-refractivity contribution is -0.383. The minimum atomic E-state index is -0.513. The summed E-state index contributed by atoms with van der Waals surface area (Å²) in [5.41, 5.74) is 7.18. The van der Waals surface area contributed by atoms with E-state index in [0.29, 0.717) is 17.0 Å². The molecule has 0 unspecified atom stereocenters. The zero-order chi connectivity index (χ0) is 14.0. The second-order valence-corrected chi connectivity index (χ2v) is 4.04. The van der Waals surface area contributed by atoms with Gasteiger partial charge >= 0.3 is 5.69 Å². The highest BCUT2D eigenvalue weighted by molar-refractivity contribution is 5.78. The minimum Gasteiger partial charge on any atom is -0.497 e. The molecule has 0 aliphatic rings. The first-order chi connectivity index (χ1) is 9.02. The Balaban J connectivity index is 2.62. The number of nitrogens with two attached hydrogens (primary N) is 1. The van der Waals surface area contributed by atoms with Gasteiger partial charge in [0.15, 0.2) is 5.69 Å². The van der Waals surface area contributed by atoms with Crippen LogP contribution in [-0.4, -0.2) is 17.0 Å². The largest absolute Gasteiger partial charge is 0.497 e. The molecule has 98 valence electrons. The summed E-state index contributed by atoms with van der Waals surface area (Å²) in [4.78, 5) is 14.8. The summed E-state index contributed by atoms with van der Waals surface area (Å²) in [6.45, 7) is 1.74. The molecule has 2 aromatic rings. The van der Waals surface area contributed by atoms with Crippen LogP contribution in [0.3, 0.4) is 0 Å². The Morgan fingerprint density at radius 2 is 1.95 bits per heavy atom. The molecule has 0 radical (unpaired) electrons. The maximum atomic E-state index is 11.1. The second-order valence-electron chi connectivity index (χ2n) is 4.04. The van der Waals surface area contributed by atoms with Crippen molar-refractivity contribution < 1.29 is 9.66 Å². The molecule has 1 heterocycles. The summed E-state index contributed by atoms with van der Waals surface area (Å²) in [7, 11) is 1.56. The molecule has 0 aliphatic carbocycles. The maximum absolute atomic E-state index is 11.1. The van der Waals surface area contributed by atoms with E-state index in [1.54, 1.807) is 38.3 Å². The van der Waals surface area contributed by atoms with E-state index >= 15 is 0 Å². The highest BCUT2D eigenvalue weighted by Gasteiger charge is 2.21. The quantitative estimate of drug-likeness (QED) is 0.675. The molecule has 0 saturated carbocycles. The number of anilines is 1. The number of rotatable bonds is 3. The van der Waals surface area contributed by atoms with E-state index in [-0.39, 0.29) is 17.1 Å². The number of hydrogen-bond acceptors (Lipinski definition) is 5. The summed E-state index contributed by atoms with van der Waals surface area (Å²) >= 11 is 0. The Labute approximate surface area is 110 Å². The zero-order valence-corrected chi connectivity index (χ0v) is 10.6. The fourth-order valence-electron chi connectivity index (χ4n) is 1.83. The van der Waals surface area contributed by atoms with Crippen molar-refractivity contribution in [2.75, 3.05) is 12.8 Å². The number of ether oxygens (including phenoxy) is 1. The molecule has 6 nitrogen and oxygen atoms in total. The molecule has 0 aliphatic heterocycles. The first-order valence-corrected chi connectivity index (χ1v) is 5.59. The van der Waals surface area contributed by atoms with Crippen LogP contribution >= 0.6 is 0 Å². The van der Waals surface area contributed by atoms with Crippen LogP contribution < -0.4 is 10.5 Å². The molecule has 2 N–H and O–H groups in total. The number of nitrogen functional groups attached to an aromatic ring is 1. The third-order valence-electron chi connectivity index (χ3n) is 2.70. The summed E-state index contributed by atoms with van der Waals surface area (Å²) in [5.74, 6) is 0.673. The third kappa shape index (κ3) is 2.47. The molecule has 1 aromatic heterocycles. The van der Waals surface area contributed by atoms with Gasteiger partial charge in [0, 0.05) is 11.3 Å². The predicted molar refractivity (Wildman–Crippen MR) is 72.0 cm³/mol. The van der Waals surface area contributed by atoms with Crippen molar-refractivity contribution in [1.82, 2.24) is 4.98 Å². The SMILES string of the molecule is COc1ccc(-c2nc(C)cc(N)c2[N+](=O)[O-])cc1. The number of benzene rings is 1. The van der Waals surface area contributed by atoms with E-state index in [9.17, 15) is 10.1 Å². The van der Waals surface area contributed by atoms with Crippen LogP contribution in [-0.2, 0) is 0 Å². The van der Waals surface area contributed by atoms with Crippen LogP contribution in [0.1, 0.15) is 5.69 Å². The van der Waals surface area contributed by atoms with Gasteiger partial charge in [-0.3, -0.25) is 10.1 Å². The van der Waals surface area contributed by atoms with Crippen molar-refractivity contribution in [3.8, 4) is 17.0 Å². The number of aryl methyl sites for hydroxylation is 1. The monoisotopic (exact) mass is 259 g/mol. The van der Waals surface area contributed by atoms with Crippen molar-refractivity contribution in [2.24, 2.45) is 0 Å². The molecule has 19 heavy (non-hydrogen) atoms. The van der Waals surface area contributed by atoms with Crippen molar-refractivity contribution in [1.29, 1.82) is 0 Å². The molecular formula is C13H13N3O3. The first kappa shape index (κ1) is 12.8. The van der Waals surface area contributed by atoms with E-state index in [2.05, 4.69) is 4.98 Å². The number of hydrogen-bond donors (Lipinski definition) is 1. The molecule has 0 amide bonds. The van der Waals surface area contributed by atoms with Gasteiger partial charge < -0.3 is 10.5 Å². The van der Waals surface area contributed by atoms with Crippen molar-refractivity contribution >= 4 is 11.4 Å². The van der Waals surface area contributed by atoms with E-state index < -0.39 is 4.92 Å². The van der Waals surface area contributed by atoms with Crippen molar-refractivity contribution in [3.63, 3.8) is 0 Å². The molecule has 0 spiro atoms. The van der Waals surface area contributed by atoms with Gasteiger partial charge in [-0.2, -0.15) is 0 Å². The summed E-state index contributed by atoms with van der Waals surface area (Å²) in [5, 5.41) is 11.1. The van der Waals surface area contributed by atoms with Crippen LogP contribution in [0.15, 0.2) is 30.3 Å². The highest BCUT2D eigenvalue weighted by Crippen LogP contribution is 2.34.